The van der Waals surface area contributed by atoms with E-state index in [2.05, 4.69) is 31.0 Å². The Morgan fingerprint density at radius 3 is 2.43 bits per heavy atom. The first-order chi connectivity index (χ1) is 9.95. The van der Waals surface area contributed by atoms with Crippen LogP contribution in [-0.4, -0.2) is 62.9 Å². The molecule has 0 radical (unpaired) electrons. The lowest BCUT2D eigenvalue weighted by molar-refractivity contribution is -0.148. The van der Waals surface area contributed by atoms with Crippen LogP contribution < -0.4 is 5.32 Å². The summed E-state index contributed by atoms with van der Waals surface area (Å²) in [5, 5.41) is 3.33. The Labute approximate surface area is 130 Å². The Hall–Kier alpha value is -0.650. The van der Waals surface area contributed by atoms with Gasteiger partial charge in [0.15, 0.2) is 0 Å². The van der Waals surface area contributed by atoms with E-state index in [4.69, 9.17) is 9.47 Å². The first-order valence-electron chi connectivity index (χ1n) is 8.01. The highest BCUT2D eigenvalue weighted by atomic mass is 16.5. The molecule has 5 heteroatoms. The number of carbonyl (C=O) groups excluding carboxylic acids is 1. The second-order valence-corrected chi connectivity index (χ2v) is 5.79. The molecule has 0 amide bonds. The standard InChI is InChI=1S/C16H34N2O3/c1-7-10-17-16(4,15(19)21-6)9-11-18(12-13-20-5)14(3)8-2/h14,17H,7-13H2,1-6H3. The molecule has 0 bridgehead atoms. The van der Waals surface area contributed by atoms with Crippen LogP contribution in [0.2, 0.25) is 0 Å². The molecule has 2 unspecified atom stereocenters. The Kier molecular flexibility index (Phi) is 10.6. The fourth-order valence-electron chi connectivity index (χ4n) is 2.28. The summed E-state index contributed by atoms with van der Waals surface area (Å²) in [6, 6.07) is 0.480. The maximum atomic E-state index is 12.1. The summed E-state index contributed by atoms with van der Waals surface area (Å²) >= 11 is 0. The van der Waals surface area contributed by atoms with E-state index in [1.807, 2.05) is 6.92 Å². The summed E-state index contributed by atoms with van der Waals surface area (Å²) in [6.07, 6.45) is 2.81. The van der Waals surface area contributed by atoms with Crippen LogP contribution >= 0.6 is 0 Å². The lowest BCUT2D eigenvalue weighted by Crippen LogP contribution is -2.53. The van der Waals surface area contributed by atoms with E-state index in [0.29, 0.717) is 12.6 Å². The Morgan fingerprint density at radius 1 is 1.29 bits per heavy atom. The molecule has 21 heavy (non-hydrogen) atoms. The molecule has 0 aromatic heterocycles. The predicted octanol–water partition coefficient (Wildman–Crippen LogP) is 2.05. The number of hydrogen-bond acceptors (Lipinski definition) is 5. The van der Waals surface area contributed by atoms with Crippen LogP contribution in [0.25, 0.3) is 0 Å². The van der Waals surface area contributed by atoms with Gasteiger partial charge >= 0.3 is 5.97 Å². The summed E-state index contributed by atoms with van der Waals surface area (Å²) in [6.45, 7) is 11.7. The van der Waals surface area contributed by atoms with Crippen molar-refractivity contribution >= 4 is 5.97 Å². The number of esters is 1. The maximum Gasteiger partial charge on any atom is 0.325 e. The molecular formula is C16H34N2O3. The van der Waals surface area contributed by atoms with Gasteiger partial charge in [0.1, 0.15) is 5.54 Å². The van der Waals surface area contributed by atoms with Crippen molar-refractivity contribution in [1.29, 1.82) is 0 Å². The highest BCUT2D eigenvalue weighted by Gasteiger charge is 2.34. The minimum Gasteiger partial charge on any atom is -0.468 e. The zero-order chi connectivity index (χ0) is 16.3. The number of carbonyl (C=O) groups is 1. The summed E-state index contributed by atoms with van der Waals surface area (Å²) in [5.41, 5.74) is -0.621. The van der Waals surface area contributed by atoms with Gasteiger partial charge in [-0.15, -0.1) is 0 Å². The second-order valence-electron chi connectivity index (χ2n) is 5.79. The van der Waals surface area contributed by atoms with Gasteiger partial charge in [0, 0.05) is 26.2 Å². The highest BCUT2D eigenvalue weighted by molar-refractivity contribution is 5.80. The highest BCUT2D eigenvalue weighted by Crippen LogP contribution is 2.15. The molecule has 0 heterocycles. The fraction of sp³-hybridized carbons (Fsp3) is 0.938. The molecule has 0 aromatic carbocycles. The van der Waals surface area contributed by atoms with Crippen molar-refractivity contribution in [2.75, 3.05) is 40.5 Å². The number of methoxy groups -OCH3 is 2. The van der Waals surface area contributed by atoms with Crippen molar-refractivity contribution in [1.82, 2.24) is 10.2 Å². The fourth-order valence-corrected chi connectivity index (χ4v) is 2.28. The molecule has 126 valence electrons. The van der Waals surface area contributed by atoms with E-state index in [1.165, 1.54) is 7.11 Å². The summed E-state index contributed by atoms with van der Waals surface area (Å²) in [7, 11) is 3.17. The quantitative estimate of drug-likeness (QED) is 0.559. The van der Waals surface area contributed by atoms with E-state index in [0.717, 1.165) is 38.9 Å². The minimum atomic E-state index is -0.621. The number of nitrogens with one attached hydrogen (secondary N) is 1. The lowest BCUT2D eigenvalue weighted by Gasteiger charge is -2.33. The molecule has 0 saturated carbocycles. The van der Waals surface area contributed by atoms with Gasteiger partial charge in [0.2, 0.25) is 0 Å². The van der Waals surface area contributed by atoms with E-state index in [-0.39, 0.29) is 5.97 Å². The van der Waals surface area contributed by atoms with E-state index >= 15 is 0 Å². The third kappa shape index (κ3) is 7.25. The molecule has 5 nitrogen and oxygen atoms in total. The van der Waals surface area contributed by atoms with Gasteiger partial charge in [0.25, 0.3) is 0 Å². The van der Waals surface area contributed by atoms with Gasteiger partial charge in [-0.2, -0.15) is 0 Å². The molecule has 1 N–H and O–H groups in total. The number of hydrogen-bond donors (Lipinski definition) is 1. The monoisotopic (exact) mass is 302 g/mol. The number of ether oxygens (including phenoxy) is 2. The molecule has 0 fully saturated rings. The molecular weight excluding hydrogens is 268 g/mol. The average Bonchev–Trinajstić information content (AvgIpc) is 2.51. The average molecular weight is 302 g/mol. The van der Waals surface area contributed by atoms with Crippen molar-refractivity contribution < 1.29 is 14.3 Å². The first-order valence-corrected chi connectivity index (χ1v) is 8.01. The summed E-state index contributed by atoms with van der Waals surface area (Å²) < 4.78 is 10.2. The van der Waals surface area contributed by atoms with Crippen molar-refractivity contribution in [3.05, 3.63) is 0 Å². The maximum absolute atomic E-state index is 12.1. The predicted molar refractivity (Wildman–Crippen MR) is 86.5 cm³/mol. The second kappa shape index (κ2) is 11.0. The van der Waals surface area contributed by atoms with Crippen molar-refractivity contribution in [2.24, 2.45) is 0 Å². The first kappa shape index (κ1) is 20.3. The largest absolute Gasteiger partial charge is 0.468 e. The van der Waals surface area contributed by atoms with Crippen molar-refractivity contribution in [2.45, 2.75) is 58.5 Å². The topological polar surface area (TPSA) is 50.8 Å². The van der Waals surface area contributed by atoms with Crippen molar-refractivity contribution in [3.63, 3.8) is 0 Å². The summed E-state index contributed by atoms with van der Waals surface area (Å²) in [5.74, 6) is -0.188. The molecule has 0 aliphatic carbocycles. The van der Waals surface area contributed by atoms with E-state index < -0.39 is 5.54 Å². The van der Waals surface area contributed by atoms with Crippen LogP contribution in [0.15, 0.2) is 0 Å². The van der Waals surface area contributed by atoms with Gasteiger partial charge in [0.05, 0.1) is 13.7 Å². The van der Waals surface area contributed by atoms with Crippen LogP contribution in [0, 0.1) is 0 Å². The van der Waals surface area contributed by atoms with Crippen molar-refractivity contribution in [3.8, 4) is 0 Å². The van der Waals surface area contributed by atoms with Gasteiger partial charge in [-0.3, -0.25) is 9.69 Å². The SMILES string of the molecule is CCCNC(C)(CCN(CCOC)C(C)CC)C(=O)OC. The van der Waals surface area contributed by atoms with Gasteiger partial charge in [-0.05, 0) is 39.7 Å². The zero-order valence-corrected chi connectivity index (χ0v) is 14.7. The van der Waals surface area contributed by atoms with E-state index in [1.54, 1.807) is 7.11 Å². The number of nitrogens with zero attached hydrogens (tertiary/aromatic N) is 1. The molecule has 0 aromatic rings. The van der Waals surface area contributed by atoms with Crippen LogP contribution in [0.5, 0.6) is 0 Å². The van der Waals surface area contributed by atoms with Gasteiger partial charge in [-0.25, -0.2) is 0 Å². The zero-order valence-electron chi connectivity index (χ0n) is 14.7. The minimum absolute atomic E-state index is 0.188. The van der Waals surface area contributed by atoms with Crippen LogP contribution in [-0.2, 0) is 14.3 Å². The van der Waals surface area contributed by atoms with Crippen LogP contribution in [0.1, 0.15) is 47.0 Å². The van der Waals surface area contributed by atoms with E-state index in [9.17, 15) is 4.79 Å². The lowest BCUT2D eigenvalue weighted by atomic mass is 9.96. The third-order valence-corrected chi connectivity index (χ3v) is 4.10. The number of rotatable bonds is 12. The Morgan fingerprint density at radius 2 is 1.95 bits per heavy atom. The molecule has 0 spiro atoms. The normalized spacial score (nSPS) is 15.8. The van der Waals surface area contributed by atoms with Gasteiger partial charge in [-0.1, -0.05) is 13.8 Å². The molecule has 0 rings (SSSR count). The smallest absolute Gasteiger partial charge is 0.325 e. The molecule has 0 aliphatic rings. The molecule has 0 saturated heterocycles. The summed E-state index contributed by atoms with van der Waals surface area (Å²) in [4.78, 5) is 14.5. The Balaban J connectivity index is 4.69. The van der Waals surface area contributed by atoms with Gasteiger partial charge < -0.3 is 14.8 Å². The van der Waals surface area contributed by atoms with Crippen LogP contribution in [0.4, 0.5) is 0 Å². The van der Waals surface area contributed by atoms with Crippen LogP contribution in [0.3, 0.4) is 0 Å². The Bertz CT molecular complexity index is 287. The third-order valence-electron chi connectivity index (χ3n) is 4.10. The molecule has 0 aliphatic heterocycles. The molecule has 2 atom stereocenters.